The molecule has 2 aromatic heterocycles. The molecule has 5 nitrogen and oxygen atoms in total. The van der Waals surface area contributed by atoms with Gasteiger partial charge in [0.05, 0.1) is 0 Å². The molecule has 2 rings (SSSR count). The first-order valence-electron chi connectivity index (χ1n) is 4.29. The number of nitrogens with zero attached hydrogens (tertiary/aromatic N) is 2. The molecule has 6 heteroatoms. The van der Waals surface area contributed by atoms with Crippen LogP contribution in [0.4, 0.5) is 0 Å². The third-order valence-corrected chi connectivity index (χ3v) is 1.89. The summed E-state index contributed by atoms with van der Waals surface area (Å²) in [4.78, 5) is 18.6. The number of carboxylic acid groups (broad SMARTS) is 1. The fraction of sp³-hybridized carbons (Fsp3) is 0.100. The number of carboxylic acids is 1. The van der Waals surface area contributed by atoms with Gasteiger partial charge >= 0.3 is 24.8 Å². The summed E-state index contributed by atoms with van der Waals surface area (Å²) in [5.41, 5.74) is 1.15. The van der Waals surface area contributed by atoms with E-state index < -0.39 is 5.97 Å². The number of aromatic nitrogens is 2. The van der Waals surface area contributed by atoms with E-state index in [2.05, 4.69) is 9.97 Å². The van der Waals surface area contributed by atoms with Gasteiger partial charge in [0, 0.05) is 5.69 Å². The molecule has 0 saturated heterocycles. The first-order chi connectivity index (χ1) is 7.18. The van der Waals surface area contributed by atoms with Crippen LogP contribution in [0.3, 0.4) is 0 Å². The zero-order valence-corrected chi connectivity index (χ0v) is 7.97. The fourth-order valence-electron chi connectivity index (χ4n) is 1.25. The van der Waals surface area contributed by atoms with E-state index in [0.717, 1.165) is 12.1 Å². The molecule has 0 atom stereocenters. The Labute approximate surface area is 104 Å². The van der Waals surface area contributed by atoms with Gasteiger partial charge in [0.15, 0.2) is 17.8 Å². The first-order valence-corrected chi connectivity index (χ1v) is 4.29. The van der Waals surface area contributed by atoms with Gasteiger partial charge in [-0.15, -0.1) is 0 Å². The Balaban J connectivity index is 0.00000128. The van der Waals surface area contributed by atoms with Crippen LogP contribution in [0.25, 0.3) is 11.5 Å². The number of oxazole rings is 1. The van der Waals surface area contributed by atoms with Crippen LogP contribution in [0, 0.1) is 6.92 Å². The second-order valence-electron chi connectivity index (χ2n) is 3.00. The number of hydrogen-bond acceptors (Lipinski definition) is 4. The van der Waals surface area contributed by atoms with Crippen LogP contribution in [-0.2, 0) is 0 Å². The van der Waals surface area contributed by atoms with Crippen molar-refractivity contribution in [2.45, 2.75) is 6.92 Å². The Bertz CT molecular complexity index is 510. The predicted molar refractivity (Wildman–Crippen MR) is 58.6 cm³/mol. The van der Waals surface area contributed by atoms with E-state index in [0.29, 0.717) is 5.69 Å². The van der Waals surface area contributed by atoms with E-state index in [-0.39, 0.29) is 30.3 Å². The molecule has 0 aliphatic carbocycles. The Morgan fingerprint density at radius 2 is 2.19 bits per heavy atom. The molecule has 0 unspecified atom stereocenters. The number of rotatable bonds is 2. The second kappa shape index (κ2) is 4.97. The molecular weight excluding hydrogens is 203 g/mol. The Kier molecular flexibility index (Phi) is 3.88. The summed E-state index contributed by atoms with van der Waals surface area (Å²) >= 11 is 0. The Morgan fingerprint density at radius 3 is 2.81 bits per heavy atom. The van der Waals surface area contributed by atoms with E-state index >= 15 is 0 Å². The molecule has 0 radical (unpaired) electrons. The molecule has 0 aliphatic rings. The van der Waals surface area contributed by atoms with Crippen molar-refractivity contribution in [1.82, 2.24) is 9.97 Å². The van der Waals surface area contributed by atoms with Crippen LogP contribution in [0.2, 0.25) is 0 Å². The van der Waals surface area contributed by atoms with E-state index in [1.54, 1.807) is 12.1 Å². The summed E-state index contributed by atoms with van der Waals surface area (Å²) in [5, 5.41) is 8.83. The van der Waals surface area contributed by atoms with Gasteiger partial charge in [-0.05, 0) is 19.1 Å². The van der Waals surface area contributed by atoms with Gasteiger partial charge in [0.1, 0.15) is 5.69 Å². The van der Waals surface area contributed by atoms with Crippen LogP contribution in [-0.4, -0.2) is 39.9 Å². The molecule has 0 aliphatic heterocycles. The van der Waals surface area contributed by atoms with Crippen molar-refractivity contribution < 1.29 is 14.3 Å². The molecule has 0 spiro atoms. The summed E-state index contributed by atoms with van der Waals surface area (Å²) in [6, 6.07) is 5.28. The van der Waals surface area contributed by atoms with Gasteiger partial charge in [-0.25, -0.2) is 14.8 Å². The van der Waals surface area contributed by atoms with Crippen LogP contribution >= 0.6 is 0 Å². The number of hydrogen-bond donors (Lipinski definition) is 1. The van der Waals surface area contributed by atoms with Gasteiger partial charge in [-0.1, -0.05) is 6.07 Å². The van der Waals surface area contributed by atoms with Crippen molar-refractivity contribution >= 4 is 24.8 Å². The monoisotopic (exact) mass is 212 g/mol. The van der Waals surface area contributed by atoms with E-state index in [4.69, 9.17) is 9.52 Å². The van der Waals surface area contributed by atoms with Gasteiger partial charge in [-0.3, -0.25) is 0 Å². The van der Waals surface area contributed by atoms with Crippen molar-refractivity contribution in [3.8, 4) is 11.5 Å². The minimum atomic E-state index is -1.12. The van der Waals surface area contributed by atoms with Gasteiger partial charge in [-0.2, -0.15) is 0 Å². The fourth-order valence-corrected chi connectivity index (χ4v) is 1.25. The molecule has 0 aromatic carbocycles. The van der Waals surface area contributed by atoms with Crippen molar-refractivity contribution in [2.75, 3.05) is 0 Å². The topological polar surface area (TPSA) is 76.2 Å². The molecule has 16 heavy (non-hydrogen) atoms. The molecule has 0 amide bonds. The third-order valence-electron chi connectivity index (χ3n) is 1.89. The van der Waals surface area contributed by atoms with Crippen molar-refractivity contribution in [2.24, 2.45) is 0 Å². The third kappa shape index (κ3) is 2.32. The van der Waals surface area contributed by atoms with Crippen molar-refractivity contribution in [1.29, 1.82) is 0 Å². The Morgan fingerprint density at radius 1 is 1.44 bits per heavy atom. The summed E-state index contributed by atoms with van der Waals surface area (Å²) < 4.78 is 5.01. The van der Waals surface area contributed by atoms with Gasteiger partial charge in [0.2, 0.25) is 0 Å². The maximum atomic E-state index is 10.8. The molecule has 1 N–H and O–H groups in total. The van der Waals surface area contributed by atoms with Crippen LogP contribution in [0.1, 0.15) is 16.2 Å². The average Bonchev–Trinajstić information content (AvgIpc) is 2.65. The zero-order chi connectivity index (χ0) is 10.8. The molecule has 0 fully saturated rings. The van der Waals surface area contributed by atoms with Crippen molar-refractivity contribution in [3.05, 3.63) is 36.0 Å². The van der Waals surface area contributed by atoms with E-state index in [1.165, 1.54) is 0 Å². The average molecular weight is 212 g/mol. The normalized spacial score (nSPS) is 9.56. The molecule has 2 heterocycles. The number of aryl methyl sites for hydroxylation is 1. The van der Waals surface area contributed by atoms with Crippen LogP contribution in [0.5, 0.6) is 0 Å². The Hall–Kier alpha value is -1.57. The number of carbonyl (C=O) groups is 1. The molecule has 78 valence electrons. The zero-order valence-electron chi connectivity index (χ0n) is 7.97. The molecular formula is C10H9LiN2O3. The van der Waals surface area contributed by atoms with Gasteiger partial charge < -0.3 is 9.52 Å². The molecule has 0 saturated carbocycles. The number of pyridine rings is 1. The maximum absolute atomic E-state index is 10.8. The van der Waals surface area contributed by atoms with Gasteiger partial charge in [0.25, 0.3) is 0 Å². The summed E-state index contributed by atoms with van der Waals surface area (Å²) in [5.74, 6) is -0.937. The quantitative estimate of drug-likeness (QED) is 0.754. The predicted octanol–water partition coefficient (Wildman–Crippen LogP) is 1.09. The SMILES string of the molecule is Cc1cccc(-c2ocnc2C(=O)O)n1.[LiH]. The summed E-state index contributed by atoms with van der Waals surface area (Å²) in [6.07, 6.45) is 1.10. The second-order valence-corrected chi connectivity index (χ2v) is 3.00. The standard InChI is InChI=1S/C10H8N2O3.Li.H/c1-6-3-2-4-7(12-6)9-8(10(13)14)11-5-15-9;;/h2-5H,1H3,(H,13,14);;. The van der Waals surface area contributed by atoms with E-state index in [9.17, 15) is 4.79 Å². The van der Waals surface area contributed by atoms with Crippen LogP contribution in [0.15, 0.2) is 29.0 Å². The van der Waals surface area contributed by atoms with Crippen molar-refractivity contribution in [3.63, 3.8) is 0 Å². The summed E-state index contributed by atoms with van der Waals surface area (Å²) in [6.45, 7) is 1.82. The first kappa shape index (κ1) is 12.5. The molecule has 0 bridgehead atoms. The molecule has 2 aromatic rings. The number of aromatic carboxylic acids is 1. The minimum absolute atomic E-state index is 0. The summed E-state index contributed by atoms with van der Waals surface area (Å²) in [7, 11) is 0. The van der Waals surface area contributed by atoms with Crippen LogP contribution < -0.4 is 0 Å². The van der Waals surface area contributed by atoms with E-state index in [1.807, 2.05) is 13.0 Å².